The number of amides is 4. The van der Waals surface area contributed by atoms with Crippen LogP contribution in [0.3, 0.4) is 0 Å². The smallest absolute Gasteiger partial charge is 0.416 e. The summed E-state index contributed by atoms with van der Waals surface area (Å²) < 4.78 is 89.2. The average Bonchev–Trinajstić information content (AvgIpc) is 3.58. The van der Waals surface area contributed by atoms with Gasteiger partial charge in [0.2, 0.25) is 11.8 Å². The second kappa shape index (κ2) is 14.1. The minimum Gasteiger partial charge on any atom is -0.491 e. The molecule has 6 atom stereocenters. The van der Waals surface area contributed by atoms with E-state index in [0.29, 0.717) is 45.2 Å². The Morgan fingerprint density at radius 1 is 0.793 bits per heavy atom. The molecule has 58 heavy (non-hydrogen) atoms. The van der Waals surface area contributed by atoms with Crippen molar-refractivity contribution in [2.24, 2.45) is 23.7 Å². The number of allylic oxidation sites excluding steroid dienone is 2. The molecule has 0 bridgehead atoms. The summed E-state index contributed by atoms with van der Waals surface area (Å²) >= 11 is 0. The third-order valence-electron chi connectivity index (χ3n) is 11.8. The van der Waals surface area contributed by atoms with Crippen LogP contribution in [0, 0.1) is 30.6 Å². The second-order valence-corrected chi connectivity index (χ2v) is 15.0. The highest BCUT2D eigenvalue weighted by Crippen LogP contribution is 2.64. The zero-order chi connectivity index (χ0) is 41.3. The van der Waals surface area contributed by atoms with Crippen LogP contribution in [0.4, 0.5) is 37.7 Å². The summed E-state index contributed by atoms with van der Waals surface area (Å²) in [5.74, 6) is -8.24. The van der Waals surface area contributed by atoms with Crippen molar-refractivity contribution in [1.82, 2.24) is 5.01 Å². The zero-order valence-electron chi connectivity index (χ0n) is 30.7. The Hall–Kier alpha value is -5.96. The second-order valence-electron chi connectivity index (χ2n) is 15.0. The van der Waals surface area contributed by atoms with Crippen LogP contribution < -0.4 is 15.1 Å². The van der Waals surface area contributed by atoms with E-state index >= 15 is 4.79 Å². The molecule has 2 aliphatic carbocycles. The van der Waals surface area contributed by atoms with Crippen molar-refractivity contribution in [2.75, 3.05) is 23.5 Å². The number of fused-ring (bicyclic) bond motifs is 4. The quantitative estimate of drug-likeness (QED) is 0.107. The van der Waals surface area contributed by atoms with Gasteiger partial charge >= 0.3 is 12.4 Å². The van der Waals surface area contributed by atoms with Gasteiger partial charge in [-0.15, -0.1) is 0 Å². The number of alkyl halides is 6. The van der Waals surface area contributed by atoms with Crippen molar-refractivity contribution < 1.29 is 55.4 Å². The molecule has 0 radical (unpaired) electrons. The van der Waals surface area contributed by atoms with Gasteiger partial charge in [-0.25, -0.2) is 4.90 Å². The molecule has 2 aliphatic heterocycles. The SMILES string of the molecule is Cc1ccc(NN2C(=O)C3CC4C(=CCC5C(=O)N(c6cc(C(F)(F)F)cc(C(F)(F)F)c6)C(=O)C54)C(c4ccc(OCCO)cc4)C3(c3ccccc3)C2=O)cc1. The van der Waals surface area contributed by atoms with E-state index in [2.05, 4.69) is 5.43 Å². The summed E-state index contributed by atoms with van der Waals surface area (Å²) in [6.45, 7) is 1.63. The largest absolute Gasteiger partial charge is 0.491 e. The van der Waals surface area contributed by atoms with Gasteiger partial charge in [0.1, 0.15) is 12.4 Å². The molecule has 0 aromatic heterocycles. The zero-order valence-corrected chi connectivity index (χ0v) is 30.7. The van der Waals surface area contributed by atoms with Gasteiger partial charge in [-0.1, -0.05) is 71.8 Å². The molecule has 15 heteroatoms. The maximum atomic E-state index is 15.3. The number of imide groups is 2. The summed E-state index contributed by atoms with van der Waals surface area (Å²) in [6, 6.07) is 23.0. The maximum absolute atomic E-state index is 15.3. The Morgan fingerprint density at radius 3 is 2.03 bits per heavy atom. The van der Waals surface area contributed by atoms with Crippen LogP contribution in [0.1, 0.15) is 46.6 Å². The Morgan fingerprint density at radius 2 is 1.43 bits per heavy atom. The third-order valence-corrected chi connectivity index (χ3v) is 11.8. The predicted octanol–water partition coefficient (Wildman–Crippen LogP) is 7.59. The topological polar surface area (TPSA) is 116 Å². The number of carbonyl (C=O) groups excluding carboxylic acids is 4. The number of hydrazine groups is 1. The van der Waals surface area contributed by atoms with E-state index in [-0.39, 0.29) is 32.1 Å². The Labute approximate surface area is 327 Å². The van der Waals surface area contributed by atoms with Gasteiger partial charge in [0.25, 0.3) is 11.8 Å². The highest BCUT2D eigenvalue weighted by atomic mass is 19.4. The molecule has 2 saturated heterocycles. The van der Waals surface area contributed by atoms with Gasteiger partial charge < -0.3 is 9.84 Å². The van der Waals surface area contributed by atoms with Crippen LogP contribution in [0.15, 0.2) is 109 Å². The summed E-state index contributed by atoms with van der Waals surface area (Å²) in [4.78, 5) is 59.1. The molecule has 2 heterocycles. The molecule has 4 aromatic carbocycles. The van der Waals surface area contributed by atoms with Crippen LogP contribution in [0.5, 0.6) is 5.75 Å². The number of nitrogens with zero attached hydrogens (tertiary/aromatic N) is 2. The number of hydrogen-bond acceptors (Lipinski definition) is 7. The summed E-state index contributed by atoms with van der Waals surface area (Å²) in [6.07, 6.45) is -8.99. The van der Waals surface area contributed by atoms with Crippen LogP contribution in [0.2, 0.25) is 0 Å². The number of aryl methyl sites for hydroxylation is 1. The molecule has 9 nitrogen and oxygen atoms in total. The van der Waals surface area contributed by atoms with Crippen LogP contribution >= 0.6 is 0 Å². The fourth-order valence-electron chi connectivity index (χ4n) is 9.36. The van der Waals surface area contributed by atoms with Gasteiger partial charge in [0.05, 0.1) is 52.3 Å². The number of rotatable bonds is 8. The van der Waals surface area contributed by atoms with Gasteiger partial charge in [-0.05, 0) is 79.3 Å². The first-order valence-electron chi connectivity index (χ1n) is 18.5. The predicted molar refractivity (Wildman–Crippen MR) is 197 cm³/mol. The highest BCUT2D eigenvalue weighted by Gasteiger charge is 2.70. The fourth-order valence-corrected chi connectivity index (χ4v) is 9.36. The van der Waals surface area contributed by atoms with Gasteiger partial charge in [-0.3, -0.25) is 24.6 Å². The van der Waals surface area contributed by atoms with Crippen molar-refractivity contribution in [3.8, 4) is 5.75 Å². The van der Waals surface area contributed by atoms with E-state index in [1.807, 2.05) is 6.92 Å². The van der Waals surface area contributed by atoms with E-state index in [9.17, 15) is 45.8 Å². The summed E-state index contributed by atoms with van der Waals surface area (Å²) in [7, 11) is 0. The first-order chi connectivity index (χ1) is 27.5. The number of ether oxygens (including phenoxy) is 1. The van der Waals surface area contributed by atoms with Crippen molar-refractivity contribution >= 4 is 35.0 Å². The van der Waals surface area contributed by atoms with Crippen molar-refractivity contribution in [3.05, 3.63) is 137 Å². The van der Waals surface area contributed by atoms with Gasteiger partial charge in [-0.2, -0.15) is 31.4 Å². The van der Waals surface area contributed by atoms with E-state index in [1.54, 1.807) is 84.9 Å². The van der Waals surface area contributed by atoms with E-state index < -0.39 is 87.8 Å². The number of anilines is 2. The first-order valence-corrected chi connectivity index (χ1v) is 18.5. The molecule has 4 amide bonds. The van der Waals surface area contributed by atoms with Crippen LogP contribution in [-0.4, -0.2) is 47.0 Å². The minimum atomic E-state index is -5.23. The molecule has 4 aliphatic rings. The minimum absolute atomic E-state index is 0.00467. The Bertz CT molecular complexity index is 2300. The summed E-state index contributed by atoms with van der Waals surface area (Å²) in [5, 5.41) is 10.3. The monoisotopic (exact) mass is 803 g/mol. The average molecular weight is 804 g/mol. The number of aliphatic hydroxyl groups is 1. The number of hydrogen-bond donors (Lipinski definition) is 2. The number of benzene rings is 4. The summed E-state index contributed by atoms with van der Waals surface area (Å²) in [5.41, 5.74) is 0.0927. The highest BCUT2D eigenvalue weighted by molar-refractivity contribution is 6.22. The van der Waals surface area contributed by atoms with E-state index in [0.717, 1.165) is 10.6 Å². The Balaban J connectivity index is 1.28. The van der Waals surface area contributed by atoms with Crippen molar-refractivity contribution in [2.45, 2.75) is 43.5 Å². The van der Waals surface area contributed by atoms with E-state index in [1.165, 1.54) is 0 Å². The Kier molecular flexibility index (Phi) is 9.49. The lowest BCUT2D eigenvalue weighted by Gasteiger charge is -2.50. The third kappa shape index (κ3) is 6.22. The number of halogens is 6. The lowest BCUT2D eigenvalue weighted by atomic mass is 9.49. The van der Waals surface area contributed by atoms with Gasteiger partial charge in [0, 0.05) is 5.92 Å². The molecule has 8 rings (SSSR count). The molecule has 1 saturated carbocycles. The molecule has 300 valence electrons. The maximum Gasteiger partial charge on any atom is 0.416 e. The van der Waals surface area contributed by atoms with Crippen molar-refractivity contribution in [1.29, 1.82) is 0 Å². The number of nitrogens with one attached hydrogen (secondary N) is 1. The van der Waals surface area contributed by atoms with Crippen molar-refractivity contribution in [3.63, 3.8) is 0 Å². The van der Waals surface area contributed by atoms with Crippen LogP contribution in [-0.2, 0) is 36.9 Å². The first kappa shape index (κ1) is 38.9. The van der Waals surface area contributed by atoms with Gasteiger partial charge in [0.15, 0.2) is 0 Å². The van der Waals surface area contributed by atoms with Crippen LogP contribution in [0.25, 0.3) is 0 Å². The standard InChI is InChI=1S/C43H35F6N3O6/c1-23-7-11-28(12-8-23)50-52-38(55)34-22-33-31(36(24-9-13-30(14-10-24)58-18-17-53)41(34,40(52)57)25-5-3-2-4-6-25)15-16-32-35(33)39(56)51(37(32)54)29-20-26(42(44,45)46)19-27(21-29)43(47,48)49/h2-15,19-21,32-36,50,53H,16-18,22H2,1H3. The molecule has 6 unspecified atom stereocenters. The molecular weight excluding hydrogens is 768 g/mol. The number of carbonyl (C=O) groups is 4. The number of aliphatic hydroxyl groups excluding tert-OH is 1. The lowest BCUT2D eigenvalue weighted by Crippen LogP contribution is -2.53. The molecule has 0 spiro atoms. The molecule has 3 fully saturated rings. The molecule has 4 aromatic rings. The molecular formula is C43H35F6N3O6. The van der Waals surface area contributed by atoms with E-state index in [4.69, 9.17) is 4.74 Å². The lowest BCUT2D eigenvalue weighted by molar-refractivity contribution is -0.143. The normalized spacial score (nSPS) is 25.7. The molecule has 2 N–H and O–H groups in total. The fraction of sp³-hybridized carbons (Fsp3) is 0.302.